The van der Waals surface area contributed by atoms with Crippen molar-refractivity contribution in [2.75, 3.05) is 0 Å². The van der Waals surface area contributed by atoms with E-state index in [1.807, 2.05) is 0 Å². The molecule has 0 unspecified atom stereocenters. The molecule has 0 atom stereocenters. The zero-order chi connectivity index (χ0) is 10.0. The van der Waals surface area contributed by atoms with Gasteiger partial charge < -0.3 is 5.11 Å². The summed E-state index contributed by atoms with van der Waals surface area (Å²) in [5.41, 5.74) is 0.174. The zero-order valence-electron chi connectivity index (χ0n) is 6.65. The van der Waals surface area contributed by atoms with E-state index in [1.165, 1.54) is 6.08 Å². The first-order valence-electron chi connectivity index (χ1n) is 3.54. The van der Waals surface area contributed by atoms with Crippen LogP contribution in [0.3, 0.4) is 0 Å². The summed E-state index contributed by atoms with van der Waals surface area (Å²) < 4.78 is 25.8. The van der Waals surface area contributed by atoms with Gasteiger partial charge >= 0.3 is 0 Å². The lowest BCUT2D eigenvalue weighted by Crippen LogP contribution is -1.92. The van der Waals surface area contributed by atoms with Crippen molar-refractivity contribution < 1.29 is 13.9 Å². The van der Waals surface area contributed by atoms with Gasteiger partial charge in [0.05, 0.1) is 4.47 Å². The summed E-state index contributed by atoms with van der Waals surface area (Å²) in [7, 11) is 0. The van der Waals surface area contributed by atoms with Crippen LogP contribution in [0.2, 0.25) is 0 Å². The number of halogens is 3. The van der Waals surface area contributed by atoms with Crippen LogP contribution in [0.4, 0.5) is 8.78 Å². The highest BCUT2D eigenvalue weighted by atomic mass is 79.9. The molecule has 0 aliphatic carbocycles. The molecule has 0 aromatic heterocycles. The number of phenols is 1. The molecule has 4 heteroatoms. The molecule has 1 aromatic carbocycles. The summed E-state index contributed by atoms with van der Waals surface area (Å²) in [6.45, 7) is 3.42. The van der Waals surface area contributed by atoms with Gasteiger partial charge in [-0.25, -0.2) is 8.78 Å². The van der Waals surface area contributed by atoms with Crippen molar-refractivity contribution >= 4 is 15.9 Å². The number of benzene rings is 1. The van der Waals surface area contributed by atoms with E-state index in [9.17, 15) is 13.9 Å². The fourth-order valence-corrected chi connectivity index (χ4v) is 1.43. The van der Waals surface area contributed by atoms with Crippen LogP contribution < -0.4 is 0 Å². The summed E-state index contributed by atoms with van der Waals surface area (Å²) in [5.74, 6) is -2.22. The second-order valence-corrected chi connectivity index (χ2v) is 3.27. The van der Waals surface area contributed by atoms with Crippen LogP contribution in [0, 0.1) is 11.6 Å². The van der Waals surface area contributed by atoms with E-state index >= 15 is 0 Å². The first-order valence-corrected chi connectivity index (χ1v) is 4.33. The van der Waals surface area contributed by atoms with E-state index in [0.717, 1.165) is 0 Å². The van der Waals surface area contributed by atoms with Crippen molar-refractivity contribution in [1.82, 2.24) is 0 Å². The standard InChI is InChI=1S/C9H7BrF2O/c1-2-3-5-8(10)6(11)4-7(12)9(5)13/h2,4,13H,1,3H2. The Morgan fingerprint density at radius 2 is 2.08 bits per heavy atom. The Kier molecular flexibility index (Phi) is 3.03. The van der Waals surface area contributed by atoms with Crippen LogP contribution in [0.25, 0.3) is 0 Å². The minimum absolute atomic E-state index is 0.0753. The van der Waals surface area contributed by atoms with Crippen LogP contribution >= 0.6 is 15.9 Å². The first kappa shape index (κ1) is 10.2. The highest BCUT2D eigenvalue weighted by Crippen LogP contribution is 2.31. The SMILES string of the molecule is C=CCc1c(O)c(F)cc(F)c1Br. The largest absolute Gasteiger partial charge is 0.505 e. The normalized spacial score (nSPS) is 10.1. The molecular formula is C9H7BrF2O. The van der Waals surface area contributed by atoms with Gasteiger partial charge in [0.1, 0.15) is 5.82 Å². The average Bonchev–Trinajstić information content (AvgIpc) is 2.09. The number of allylic oxidation sites excluding steroid dienone is 1. The monoisotopic (exact) mass is 248 g/mol. The predicted molar refractivity (Wildman–Crippen MR) is 49.6 cm³/mol. The molecule has 0 spiro atoms. The summed E-state index contributed by atoms with van der Waals surface area (Å²) in [6, 6.07) is 0.631. The second kappa shape index (κ2) is 3.87. The quantitative estimate of drug-likeness (QED) is 0.630. The topological polar surface area (TPSA) is 20.2 Å². The van der Waals surface area contributed by atoms with Crippen LogP contribution in [0.5, 0.6) is 5.75 Å². The van der Waals surface area contributed by atoms with E-state index in [2.05, 4.69) is 22.5 Å². The third kappa shape index (κ3) is 1.88. The highest BCUT2D eigenvalue weighted by molar-refractivity contribution is 9.10. The molecule has 13 heavy (non-hydrogen) atoms. The van der Waals surface area contributed by atoms with E-state index in [4.69, 9.17) is 0 Å². The number of rotatable bonds is 2. The van der Waals surface area contributed by atoms with Crippen molar-refractivity contribution in [3.05, 3.63) is 40.4 Å². The van der Waals surface area contributed by atoms with E-state index < -0.39 is 17.4 Å². The summed E-state index contributed by atoms with van der Waals surface area (Å²) in [5, 5.41) is 9.21. The third-order valence-electron chi connectivity index (χ3n) is 1.59. The maximum atomic E-state index is 12.9. The van der Waals surface area contributed by atoms with E-state index in [0.29, 0.717) is 6.07 Å². The molecule has 0 bridgehead atoms. The molecule has 1 rings (SSSR count). The first-order chi connectivity index (χ1) is 6.07. The smallest absolute Gasteiger partial charge is 0.168 e. The molecule has 0 fully saturated rings. The molecule has 1 nitrogen and oxygen atoms in total. The Hall–Kier alpha value is -0.900. The molecule has 70 valence electrons. The Balaban J connectivity index is 3.36. The minimum atomic E-state index is -0.961. The molecule has 0 aliphatic rings. The molecule has 0 saturated heterocycles. The van der Waals surface area contributed by atoms with Gasteiger partial charge in [-0.05, 0) is 22.4 Å². The van der Waals surface area contributed by atoms with Gasteiger partial charge in [0.2, 0.25) is 0 Å². The molecule has 0 aliphatic heterocycles. The lowest BCUT2D eigenvalue weighted by Gasteiger charge is -2.06. The van der Waals surface area contributed by atoms with Gasteiger partial charge in [0, 0.05) is 11.6 Å². The minimum Gasteiger partial charge on any atom is -0.505 e. The lowest BCUT2D eigenvalue weighted by molar-refractivity contribution is 0.421. The molecule has 0 heterocycles. The van der Waals surface area contributed by atoms with E-state index in [1.54, 1.807) is 0 Å². The van der Waals surface area contributed by atoms with Gasteiger partial charge in [-0.3, -0.25) is 0 Å². The van der Waals surface area contributed by atoms with Crippen LogP contribution in [-0.2, 0) is 6.42 Å². The van der Waals surface area contributed by atoms with Crippen LogP contribution in [0.1, 0.15) is 5.56 Å². The van der Waals surface area contributed by atoms with Crippen molar-refractivity contribution in [2.45, 2.75) is 6.42 Å². The molecule has 1 aromatic rings. The molecule has 0 saturated carbocycles. The van der Waals surface area contributed by atoms with Crippen LogP contribution in [-0.4, -0.2) is 5.11 Å². The van der Waals surface area contributed by atoms with Gasteiger partial charge in [0.15, 0.2) is 11.6 Å². The average molecular weight is 249 g/mol. The lowest BCUT2D eigenvalue weighted by atomic mass is 10.1. The predicted octanol–water partition coefficient (Wildman–Crippen LogP) is 3.16. The van der Waals surface area contributed by atoms with Crippen molar-refractivity contribution in [3.63, 3.8) is 0 Å². The number of phenolic OH excluding ortho intramolecular Hbond substituents is 1. The van der Waals surface area contributed by atoms with Crippen molar-refractivity contribution in [1.29, 1.82) is 0 Å². The summed E-state index contributed by atoms with van der Waals surface area (Å²) in [6.07, 6.45) is 1.67. The van der Waals surface area contributed by atoms with Crippen molar-refractivity contribution in [3.8, 4) is 5.75 Å². The zero-order valence-corrected chi connectivity index (χ0v) is 8.24. The fraction of sp³-hybridized carbons (Fsp3) is 0.111. The molecular weight excluding hydrogens is 242 g/mol. The maximum Gasteiger partial charge on any atom is 0.168 e. The Morgan fingerprint density at radius 1 is 1.46 bits per heavy atom. The van der Waals surface area contributed by atoms with E-state index in [-0.39, 0.29) is 16.5 Å². The number of aromatic hydroxyl groups is 1. The summed E-state index contributed by atoms with van der Waals surface area (Å²) in [4.78, 5) is 0. The van der Waals surface area contributed by atoms with Gasteiger partial charge in [-0.15, -0.1) is 6.58 Å². The Labute approximate surface area is 82.8 Å². The number of hydrogen-bond donors (Lipinski definition) is 1. The van der Waals surface area contributed by atoms with Gasteiger partial charge in [-0.2, -0.15) is 0 Å². The molecule has 0 radical (unpaired) electrons. The van der Waals surface area contributed by atoms with Crippen molar-refractivity contribution in [2.24, 2.45) is 0 Å². The van der Waals surface area contributed by atoms with Gasteiger partial charge in [-0.1, -0.05) is 6.08 Å². The maximum absolute atomic E-state index is 12.9. The number of hydrogen-bond acceptors (Lipinski definition) is 1. The highest BCUT2D eigenvalue weighted by Gasteiger charge is 2.14. The Morgan fingerprint density at radius 3 is 2.62 bits per heavy atom. The Bertz CT molecular complexity index is 324. The third-order valence-corrected chi connectivity index (χ3v) is 2.45. The van der Waals surface area contributed by atoms with Gasteiger partial charge in [0.25, 0.3) is 0 Å². The fourth-order valence-electron chi connectivity index (χ4n) is 0.966. The molecule has 0 amide bonds. The second-order valence-electron chi connectivity index (χ2n) is 2.47. The summed E-state index contributed by atoms with van der Waals surface area (Å²) >= 11 is 2.92. The van der Waals surface area contributed by atoms with Crippen LogP contribution in [0.15, 0.2) is 23.2 Å². The molecule has 1 N–H and O–H groups in total.